The van der Waals surface area contributed by atoms with E-state index in [4.69, 9.17) is 16.5 Å². The van der Waals surface area contributed by atoms with Gasteiger partial charge in [0.1, 0.15) is 6.61 Å². The molecule has 0 rings (SSSR count). The van der Waals surface area contributed by atoms with E-state index in [0.29, 0.717) is 0 Å². The van der Waals surface area contributed by atoms with Crippen LogP contribution in [0.4, 0.5) is 8.78 Å². The molecule has 0 radical (unpaired) electrons. The van der Waals surface area contributed by atoms with Crippen LogP contribution in [-0.2, 0) is 4.74 Å². The van der Waals surface area contributed by atoms with E-state index in [9.17, 15) is 8.78 Å². The van der Waals surface area contributed by atoms with Crippen LogP contribution in [0.15, 0.2) is 0 Å². The smallest absolute Gasteiger partial charge is 0.284 e. The summed E-state index contributed by atoms with van der Waals surface area (Å²) < 4.78 is 29.7. The summed E-state index contributed by atoms with van der Waals surface area (Å²) in [5.41, 5.74) is 0. The summed E-state index contributed by atoms with van der Waals surface area (Å²) in [4.78, 5) is 1.87. The highest BCUT2D eigenvalue weighted by Gasteiger charge is 2.28. The van der Waals surface area contributed by atoms with Crippen LogP contribution in [0.25, 0.3) is 0 Å². The van der Waals surface area contributed by atoms with Crippen LogP contribution in [0.2, 0.25) is 0 Å². The van der Waals surface area contributed by atoms with Crippen molar-refractivity contribution in [1.29, 1.82) is 0 Å². The van der Waals surface area contributed by atoms with Crippen molar-refractivity contribution < 1.29 is 13.5 Å². The molecule has 0 saturated carbocycles. The summed E-state index contributed by atoms with van der Waals surface area (Å²) in [6.45, 7) is 2.24. The molecule has 0 aromatic heterocycles. The molecule has 68 valence electrons. The number of alkyl halides is 2. The number of hydrogen-bond donors (Lipinski definition) is 1. The number of nitrogens with one attached hydrogen (secondary N) is 1. The van der Waals surface area contributed by atoms with Gasteiger partial charge in [0.25, 0.3) is 5.92 Å². The predicted molar refractivity (Wildman–Crippen MR) is 39.9 cm³/mol. The molecule has 1 N–H and O–H groups in total. The summed E-state index contributed by atoms with van der Waals surface area (Å²) in [7, 11) is 0. The van der Waals surface area contributed by atoms with Crippen molar-refractivity contribution in [3.63, 3.8) is 0 Å². The van der Waals surface area contributed by atoms with E-state index in [0.717, 1.165) is 0 Å². The fraction of sp³-hybridized carbons (Fsp3) is 1.00. The Morgan fingerprint density at radius 3 is 2.45 bits per heavy atom. The molecule has 0 fully saturated rings. The van der Waals surface area contributed by atoms with Crippen LogP contribution in [0.5, 0.6) is 0 Å². The molecule has 0 aliphatic heterocycles. The van der Waals surface area contributed by atoms with E-state index in [1.807, 2.05) is 4.84 Å². The third kappa shape index (κ3) is 6.47. The molecule has 0 saturated heterocycles. The second-order valence-corrected chi connectivity index (χ2v) is 2.79. The Labute approximate surface area is 70.0 Å². The van der Waals surface area contributed by atoms with Crippen molar-refractivity contribution in [2.45, 2.75) is 25.9 Å². The zero-order valence-electron chi connectivity index (χ0n) is 6.53. The van der Waals surface area contributed by atoms with Gasteiger partial charge in [0, 0.05) is 0 Å². The SMILES string of the molecule is CC(C)OCC(F)(F)CNCl. The van der Waals surface area contributed by atoms with Crippen LogP contribution >= 0.6 is 11.8 Å². The Morgan fingerprint density at radius 1 is 1.55 bits per heavy atom. The lowest BCUT2D eigenvalue weighted by atomic mass is 10.3. The van der Waals surface area contributed by atoms with Gasteiger partial charge in [-0.05, 0) is 25.6 Å². The normalized spacial score (nSPS) is 12.5. The first-order chi connectivity index (χ1) is 4.98. The van der Waals surface area contributed by atoms with E-state index < -0.39 is 19.1 Å². The van der Waals surface area contributed by atoms with Crippen molar-refractivity contribution >= 4 is 11.8 Å². The molecule has 0 bridgehead atoms. The monoisotopic (exact) mass is 187 g/mol. The highest BCUT2D eigenvalue weighted by atomic mass is 35.5. The molecule has 0 spiro atoms. The Kier molecular flexibility index (Phi) is 4.88. The molecule has 0 heterocycles. The highest BCUT2D eigenvalue weighted by molar-refractivity contribution is 6.13. The average Bonchev–Trinajstić information content (AvgIpc) is 1.84. The third-order valence-corrected chi connectivity index (χ3v) is 1.09. The first kappa shape index (κ1) is 11.1. The van der Waals surface area contributed by atoms with Crippen molar-refractivity contribution in [3.8, 4) is 0 Å². The van der Waals surface area contributed by atoms with Crippen molar-refractivity contribution in [2.75, 3.05) is 13.2 Å². The van der Waals surface area contributed by atoms with Crippen molar-refractivity contribution in [3.05, 3.63) is 0 Å². The standard InChI is InChI=1S/C6H12ClF2NO/c1-5(2)11-4-6(8,9)3-10-7/h5,10H,3-4H2,1-2H3. The topological polar surface area (TPSA) is 21.3 Å². The van der Waals surface area contributed by atoms with Gasteiger partial charge in [-0.15, -0.1) is 0 Å². The van der Waals surface area contributed by atoms with E-state index in [-0.39, 0.29) is 6.10 Å². The largest absolute Gasteiger partial charge is 0.372 e. The van der Waals surface area contributed by atoms with Gasteiger partial charge in [0.15, 0.2) is 0 Å². The molecule has 0 unspecified atom stereocenters. The van der Waals surface area contributed by atoms with Crippen LogP contribution in [0.1, 0.15) is 13.8 Å². The molecular weight excluding hydrogens is 176 g/mol. The summed E-state index contributed by atoms with van der Waals surface area (Å²) in [5.74, 6) is -2.88. The van der Waals surface area contributed by atoms with Crippen LogP contribution in [0, 0.1) is 0 Å². The van der Waals surface area contributed by atoms with Gasteiger partial charge in [0.2, 0.25) is 0 Å². The van der Waals surface area contributed by atoms with Gasteiger partial charge in [0.05, 0.1) is 12.6 Å². The van der Waals surface area contributed by atoms with Gasteiger partial charge >= 0.3 is 0 Å². The summed E-state index contributed by atoms with van der Waals surface area (Å²) in [5, 5.41) is 0. The fourth-order valence-electron chi connectivity index (χ4n) is 0.437. The second-order valence-electron chi connectivity index (χ2n) is 2.53. The number of halogens is 3. The predicted octanol–water partition coefficient (Wildman–Crippen LogP) is 1.79. The average molecular weight is 188 g/mol. The molecule has 5 heteroatoms. The number of ether oxygens (including phenoxy) is 1. The molecule has 0 amide bonds. The van der Waals surface area contributed by atoms with Crippen LogP contribution in [0.3, 0.4) is 0 Å². The minimum atomic E-state index is -2.88. The Hall–Kier alpha value is 0.0700. The second kappa shape index (κ2) is 4.85. The quantitative estimate of drug-likeness (QED) is 0.663. The first-order valence-electron chi connectivity index (χ1n) is 3.31. The molecule has 2 nitrogen and oxygen atoms in total. The maximum Gasteiger partial charge on any atom is 0.284 e. The van der Waals surface area contributed by atoms with Crippen LogP contribution in [-0.4, -0.2) is 25.2 Å². The Bertz CT molecular complexity index is 111. The Morgan fingerprint density at radius 2 is 2.09 bits per heavy atom. The molecule has 0 aromatic rings. The van der Waals surface area contributed by atoms with Crippen molar-refractivity contribution in [2.24, 2.45) is 0 Å². The van der Waals surface area contributed by atoms with Gasteiger partial charge in [-0.3, -0.25) is 0 Å². The van der Waals surface area contributed by atoms with Crippen LogP contribution < -0.4 is 4.84 Å². The van der Waals surface area contributed by atoms with E-state index in [1.54, 1.807) is 13.8 Å². The molecule has 0 aliphatic carbocycles. The highest BCUT2D eigenvalue weighted by Crippen LogP contribution is 2.13. The zero-order chi connectivity index (χ0) is 8.91. The molecule has 11 heavy (non-hydrogen) atoms. The summed E-state index contributed by atoms with van der Waals surface area (Å²) in [6.07, 6.45) is -0.184. The lowest BCUT2D eigenvalue weighted by molar-refractivity contribution is -0.0872. The zero-order valence-corrected chi connectivity index (χ0v) is 7.29. The van der Waals surface area contributed by atoms with Gasteiger partial charge < -0.3 is 4.74 Å². The third-order valence-electron chi connectivity index (χ3n) is 0.953. The maximum atomic E-state index is 12.5. The van der Waals surface area contributed by atoms with E-state index in [1.165, 1.54) is 0 Å². The lowest BCUT2D eigenvalue weighted by Gasteiger charge is -2.16. The van der Waals surface area contributed by atoms with Gasteiger partial charge in [-0.25, -0.2) is 13.6 Å². The molecule has 0 aliphatic rings. The first-order valence-corrected chi connectivity index (χ1v) is 3.68. The van der Waals surface area contributed by atoms with Gasteiger partial charge in [-0.1, -0.05) is 0 Å². The Balaban J connectivity index is 3.54. The number of hydrogen-bond acceptors (Lipinski definition) is 2. The van der Waals surface area contributed by atoms with Gasteiger partial charge in [-0.2, -0.15) is 0 Å². The van der Waals surface area contributed by atoms with Crippen molar-refractivity contribution in [1.82, 2.24) is 4.84 Å². The minimum Gasteiger partial charge on any atom is -0.372 e. The number of rotatable bonds is 5. The van der Waals surface area contributed by atoms with E-state index in [2.05, 4.69) is 0 Å². The van der Waals surface area contributed by atoms with E-state index >= 15 is 0 Å². The minimum absolute atomic E-state index is 0.184. The summed E-state index contributed by atoms with van der Waals surface area (Å²) in [6, 6.07) is 0. The molecule has 0 atom stereocenters. The fourth-order valence-corrected chi connectivity index (χ4v) is 0.633. The molecule has 0 aromatic carbocycles. The lowest BCUT2D eigenvalue weighted by Crippen LogP contribution is -2.34. The maximum absolute atomic E-state index is 12.5. The molecular formula is C6H12ClF2NO. The summed E-state index contributed by atoms with van der Waals surface area (Å²) >= 11 is 4.92.